The van der Waals surface area contributed by atoms with Gasteiger partial charge in [0.15, 0.2) is 0 Å². The first kappa shape index (κ1) is 79.4. The van der Waals surface area contributed by atoms with E-state index < -0.39 is 49.1 Å². The van der Waals surface area contributed by atoms with Crippen molar-refractivity contribution in [3.8, 4) is 67.5 Å². The molecule has 0 N–H and O–H groups in total. The van der Waals surface area contributed by atoms with Crippen LogP contribution in [-0.4, -0.2) is 29.9 Å². The SMILES string of the molecule is [2H]C([2H])([2H])c1c[c-]c(-c2ccccn2)cc1.[2H]C([2H])([2H])c1ccc(-c2[c-]cccc2)nc1.[2H]C1(c2ccccc2)CCC([2H])(c2ccnc(-c3[c-]ccc4c3oc3ccccc34)c2)CC1.[2H]C1(c2ccccc2)CCC([2H])(c2ccnc(-c3[c-]ccc4c3oc3ccccc34)c2)CC1.[2H]C1(c2ccccc2)CCC([2H])(c2ccnc(-c3[c-]ccc4c3oc3ccccc34)c2)CC1.[Ir].[Ir].[Ir].[c-]1ccccc1-c1ccccn1. The van der Waals surface area contributed by atoms with Crippen LogP contribution in [0.4, 0.5) is 0 Å². The number of rotatable bonds is 12. The number of aryl methyl sites for hydroxylation is 2. The Labute approximate surface area is 843 Å². The average molecular weight is 2290 g/mol. The monoisotopic (exact) mass is 2290 g/mol. The maximum Gasteiger partial charge on any atom is 0.120 e. The van der Waals surface area contributed by atoms with Crippen molar-refractivity contribution in [2.24, 2.45) is 0 Å². The number of aromatic nitrogens is 6. The molecule has 21 aromatic rings. The van der Waals surface area contributed by atoms with Crippen LogP contribution in [0.3, 0.4) is 0 Å². The Morgan fingerprint density at radius 3 is 0.873 bits per heavy atom. The van der Waals surface area contributed by atoms with Gasteiger partial charge in [0.2, 0.25) is 0 Å². The van der Waals surface area contributed by atoms with Crippen LogP contribution in [0.15, 0.2) is 402 Å². The van der Waals surface area contributed by atoms with Crippen LogP contribution in [-0.2, 0) is 60.3 Å². The van der Waals surface area contributed by atoms with Gasteiger partial charge in [-0.2, -0.15) is 0 Å². The van der Waals surface area contributed by atoms with Crippen LogP contribution < -0.4 is 0 Å². The molecular formula is C122H100Ir3N6O3-6. The Morgan fingerprint density at radius 2 is 0.560 bits per heavy atom. The van der Waals surface area contributed by atoms with Crippen molar-refractivity contribution in [1.29, 1.82) is 0 Å². The van der Waals surface area contributed by atoms with Gasteiger partial charge >= 0.3 is 0 Å². The molecule has 0 bridgehead atoms. The van der Waals surface area contributed by atoms with Crippen LogP contribution in [0.1, 0.15) is 173 Å². The summed E-state index contributed by atoms with van der Waals surface area (Å²) in [6.07, 6.45) is 18.1. The number of fused-ring (bicyclic) bond motifs is 9. The fourth-order valence-corrected chi connectivity index (χ4v) is 17.6. The maximum absolute atomic E-state index is 9.27. The van der Waals surface area contributed by atoms with Gasteiger partial charge in [0, 0.05) is 130 Å². The quantitative estimate of drug-likeness (QED) is 0.110. The molecule has 0 spiro atoms. The Balaban J connectivity index is 0.000000130. The summed E-state index contributed by atoms with van der Waals surface area (Å²) < 4.78 is 117. The van der Waals surface area contributed by atoms with Gasteiger partial charge in [-0.25, -0.2) is 0 Å². The summed E-state index contributed by atoms with van der Waals surface area (Å²) in [5.74, 6) is -4.02. The fourth-order valence-electron chi connectivity index (χ4n) is 17.6. The molecule has 12 aromatic carbocycles. The third-order valence-electron chi connectivity index (χ3n) is 24.4. The third-order valence-corrected chi connectivity index (χ3v) is 24.4. The number of nitrogens with zero attached hydrogens (tertiary/aromatic N) is 6. The molecule has 0 amide bonds. The number of para-hydroxylation sites is 3. The molecule has 12 heteroatoms. The van der Waals surface area contributed by atoms with E-state index in [0.29, 0.717) is 82.6 Å². The first-order valence-electron chi connectivity index (χ1n) is 50.6. The van der Waals surface area contributed by atoms with Crippen molar-refractivity contribution in [3.63, 3.8) is 0 Å². The van der Waals surface area contributed by atoms with Gasteiger partial charge in [-0.05, 0) is 224 Å². The molecule has 24 rings (SSSR count). The molecule has 134 heavy (non-hydrogen) atoms. The van der Waals surface area contributed by atoms with Gasteiger partial charge in [0.05, 0.1) is 16.7 Å². The minimum Gasteiger partial charge on any atom is -0.501 e. The molecule has 3 fully saturated rings. The van der Waals surface area contributed by atoms with E-state index in [2.05, 4.69) is 84.5 Å². The fraction of sp³-hybridized carbons (Fsp3) is 0.164. The van der Waals surface area contributed by atoms with Gasteiger partial charge in [0.25, 0.3) is 0 Å². The molecule has 669 valence electrons. The van der Waals surface area contributed by atoms with E-state index in [-0.39, 0.29) is 65.9 Å². The van der Waals surface area contributed by atoms with E-state index in [1.807, 2.05) is 297 Å². The molecule has 0 aliphatic heterocycles. The van der Waals surface area contributed by atoms with Gasteiger partial charge in [-0.3, -0.25) is 0 Å². The molecule has 3 radical (unpaired) electrons. The molecule has 9 aromatic heterocycles. The normalized spacial score (nSPS) is 20.8. The van der Waals surface area contributed by atoms with Crippen molar-refractivity contribution >= 4 is 65.8 Å². The Hall–Kier alpha value is -13.1. The predicted molar refractivity (Wildman–Crippen MR) is 534 cm³/mol. The van der Waals surface area contributed by atoms with Crippen molar-refractivity contribution in [2.45, 2.75) is 126 Å². The first-order valence-corrected chi connectivity index (χ1v) is 44.6. The van der Waals surface area contributed by atoms with E-state index in [4.69, 9.17) is 25.6 Å². The Bertz CT molecular complexity index is 7250. The molecule has 9 nitrogen and oxygen atoms in total. The molecule has 0 unspecified atom stereocenters. The van der Waals surface area contributed by atoms with Crippen molar-refractivity contribution in [1.82, 2.24) is 29.9 Å². The number of furan rings is 3. The second kappa shape index (κ2) is 46.0. The summed E-state index contributed by atoms with van der Waals surface area (Å²) >= 11 is 0. The molecule has 3 aliphatic carbocycles. The van der Waals surface area contributed by atoms with Crippen molar-refractivity contribution in [3.05, 3.63) is 470 Å². The van der Waals surface area contributed by atoms with Gasteiger partial charge in [0.1, 0.15) is 16.7 Å². The van der Waals surface area contributed by atoms with E-state index >= 15 is 0 Å². The Kier molecular flexibility index (Phi) is 27.3. The van der Waals surface area contributed by atoms with Crippen molar-refractivity contribution < 1.29 is 90.0 Å². The van der Waals surface area contributed by atoms with E-state index in [0.717, 1.165) is 167 Å². The topological polar surface area (TPSA) is 117 Å². The number of hydrogen-bond acceptors (Lipinski definition) is 9. The zero-order chi connectivity index (χ0) is 98.8. The molecule has 3 aliphatic rings. The standard InChI is InChI=1S/3C29H24NO.2C12H10N.C11H8N.3Ir/c3*1-2-7-20(8-3-1)21-13-15-22(16-14-21)23-17-18-30-27(19-23)26-11-6-10-25-24-9-4-5-12-28(24)31-29(25)26;1-10-5-7-11(8-6-10)12-4-2-3-9-13-12;1-10-7-8-12(13-9-10)11-5-3-2-4-6-11;1-2-6-10(7-3-1)11-8-4-5-9-12-11;;;/h3*1-10,12,17-19,21-22H,13-16H2;2-7,9H,1H3;2-5,7-9H,1H3;1-6,8-9H;;;/q6*-1;;;/i3*21D,22D;2*1D3;;;;. The second-order valence-corrected chi connectivity index (χ2v) is 32.5. The van der Waals surface area contributed by atoms with Gasteiger partial charge < -0.3 is 43.2 Å². The molecule has 0 atom stereocenters. The van der Waals surface area contributed by atoms with Crippen molar-refractivity contribution in [2.75, 3.05) is 0 Å². The summed E-state index contributed by atoms with van der Waals surface area (Å²) in [6, 6.07) is 132. The van der Waals surface area contributed by atoms with Crippen LogP contribution in [0.25, 0.3) is 133 Å². The molecule has 0 saturated heterocycles. The summed E-state index contributed by atoms with van der Waals surface area (Å²) in [5, 5.41) is 6.38. The first-order chi connectivity index (χ1) is 69.3. The maximum atomic E-state index is 9.27. The van der Waals surface area contributed by atoms with Gasteiger partial charge in [-0.15, -0.1) is 162 Å². The van der Waals surface area contributed by atoms with E-state index in [1.54, 1.807) is 61.3 Å². The third kappa shape index (κ3) is 22.7. The summed E-state index contributed by atoms with van der Waals surface area (Å²) in [4.78, 5) is 26.4. The van der Waals surface area contributed by atoms with E-state index in [1.165, 1.54) is 12.3 Å². The molecule has 9 heterocycles. The van der Waals surface area contributed by atoms with Gasteiger partial charge in [-0.1, -0.05) is 257 Å². The van der Waals surface area contributed by atoms with Crippen LogP contribution in [0, 0.1) is 50.1 Å². The summed E-state index contributed by atoms with van der Waals surface area (Å²) in [5.41, 5.74) is 21.4. The zero-order valence-electron chi connectivity index (χ0n) is 85.3. The summed E-state index contributed by atoms with van der Waals surface area (Å²) in [6.45, 7) is -4.16. The van der Waals surface area contributed by atoms with Crippen LogP contribution >= 0.6 is 0 Å². The number of pyridine rings is 6. The predicted octanol–water partition coefficient (Wildman–Crippen LogP) is 31.9. The van der Waals surface area contributed by atoms with E-state index in [9.17, 15) is 4.11 Å². The second-order valence-electron chi connectivity index (χ2n) is 32.5. The van der Waals surface area contributed by atoms with Crippen LogP contribution in [0.2, 0.25) is 0 Å². The molecular weight excluding hydrogens is 2170 g/mol. The largest absolute Gasteiger partial charge is 0.501 e. The zero-order valence-corrected chi connectivity index (χ0v) is 80.5. The number of benzene rings is 12. The Morgan fingerprint density at radius 1 is 0.246 bits per heavy atom. The minimum absolute atomic E-state index is 0. The summed E-state index contributed by atoms with van der Waals surface area (Å²) in [7, 11) is 0. The smallest absolute Gasteiger partial charge is 0.120 e. The average Bonchev–Trinajstić information content (AvgIpc) is 1.66. The van der Waals surface area contributed by atoms with Crippen LogP contribution in [0.5, 0.6) is 0 Å². The minimum atomic E-state index is -2.09. The number of hydrogen-bond donors (Lipinski definition) is 0. The molecule has 3 saturated carbocycles.